The predicted octanol–water partition coefficient (Wildman–Crippen LogP) is 3.24. The molecule has 0 bridgehead atoms. The molecule has 0 atom stereocenters. The number of H-pyrrole nitrogens is 1. The first-order valence-electron chi connectivity index (χ1n) is 6.97. The Morgan fingerprint density at radius 1 is 1.41 bits per heavy atom. The minimum atomic E-state index is -0.300. The van der Waals surface area contributed by atoms with Crippen LogP contribution in [0.25, 0.3) is 10.9 Å². The lowest BCUT2D eigenvalue weighted by Gasteiger charge is -2.04. The van der Waals surface area contributed by atoms with Gasteiger partial charge in [0.15, 0.2) is 0 Å². The summed E-state index contributed by atoms with van der Waals surface area (Å²) in [6.07, 6.45) is 0.222. The predicted molar refractivity (Wildman–Crippen MR) is 85.4 cm³/mol. The molecule has 22 heavy (non-hydrogen) atoms. The second-order valence-corrected chi connectivity index (χ2v) is 6.20. The Kier molecular flexibility index (Phi) is 3.94. The van der Waals surface area contributed by atoms with E-state index in [0.717, 1.165) is 32.9 Å². The van der Waals surface area contributed by atoms with Crippen molar-refractivity contribution in [2.45, 2.75) is 26.8 Å². The fourth-order valence-corrected chi connectivity index (χ4v) is 3.18. The Bertz CT molecular complexity index is 837. The summed E-state index contributed by atoms with van der Waals surface area (Å²) in [5, 5.41) is 6.45. The summed E-state index contributed by atoms with van der Waals surface area (Å²) in [6, 6.07) is 4.57. The summed E-state index contributed by atoms with van der Waals surface area (Å²) in [4.78, 5) is 19.6. The van der Waals surface area contributed by atoms with Crippen molar-refractivity contribution in [2.75, 3.05) is 0 Å². The van der Waals surface area contributed by atoms with E-state index < -0.39 is 0 Å². The first-order chi connectivity index (χ1) is 10.5. The van der Waals surface area contributed by atoms with Crippen LogP contribution in [0, 0.1) is 19.7 Å². The number of aromatic amines is 1. The number of rotatable bonds is 4. The molecule has 2 N–H and O–H groups in total. The third-order valence-electron chi connectivity index (χ3n) is 3.52. The van der Waals surface area contributed by atoms with Crippen LogP contribution in [0.4, 0.5) is 4.39 Å². The highest BCUT2D eigenvalue weighted by atomic mass is 32.1. The zero-order valence-electron chi connectivity index (χ0n) is 12.4. The molecule has 1 amide bonds. The van der Waals surface area contributed by atoms with Crippen molar-refractivity contribution < 1.29 is 9.18 Å². The molecular formula is C16H16FN3OS. The number of hydrogen-bond acceptors (Lipinski definition) is 3. The van der Waals surface area contributed by atoms with Crippen molar-refractivity contribution in [1.29, 1.82) is 0 Å². The van der Waals surface area contributed by atoms with Gasteiger partial charge in [-0.3, -0.25) is 4.79 Å². The van der Waals surface area contributed by atoms with Crippen LogP contribution in [0.3, 0.4) is 0 Å². The van der Waals surface area contributed by atoms with Crippen LogP contribution in [-0.2, 0) is 17.8 Å². The fraction of sp³-hybridized carbons (Fsp3) is 0.250. The van der Waals surface area contributed by atoms with Crippen LogP contribution in [-0.4, -0.2) is 15.9 Å². The molecule has 0 radical (unpaired) electrons. The maximum atomic E-state index is 13.4. The second-order valence-electron chi connectivity index (χ2n) is 5.25. The molecule has 6 heteroatoms. The zero-order valence-corrected chi connectivity index (χ0v) is 13.2. The van der Waals surface area contributed by atoms with Crippen LogP contribution in [0.1, 0.15) is 22.0 Å². The van der Waals surface area contributed by atoms with E-state index in [2.05, 4.69) is 15.3 Å². The maximum absolute atomic E-state index is 13.4. The highest BCUT2D eigenvalue weighted by molar-refractivity contribution is 7.09. The number of carbonyl (C=O) groups excluding carboxylic acids is 1. The highest BCUT2D eigenvalue weighted by Gasteiger charge is 2.13. The summed E-state index contributed by atoms with van der Waals surface area (Å²) in [6.45, 7) is 4.24. The maximum Gasteiger partial charge on any atom is 0.224 e. The zero-order chi connectivity index (χ0) is 15.7. The van der Waals surface area contributed by atoms with Crippen molar-refractivity contribution in [3.63, 3.8) is 0 Å². The second kappa shape index (κ2) is 5.88. The molecule has 2 heterocycles. The summed E-state index contributed by atoms with van der Waals surface area (Å²) in [5.41, 5.74) is 3.53. The van der Waals surface area contributed by atoms with Crippen molar-refractivity contribution in [1.82, 2.24) is 15.3 Å². The molecule has 0 unspecified atom stereocenters. The highest BCUT2D eigenvalue weighted by Crippen LogP contribution is 2.23. The van der Waals surface area contributed by atoms with E-state index in [1.807, 2.05) is 19.2 Å². The molecule has 0 aliphatic rings. The monoisotopic (exact) mass is 317 g/mol. The largest absolute Gasteiger partial charge is 0.358 e. The molecule has 0 saturated heterocycles. The summed E-state index contributed by atoms with van der Waals surface area (Å²) in [5.74, 6) is -0.396. The van der Waals surface area contributed by atoms with E-state index in [1.54, 1.807) is 6.07 Å². The van der Waals surface area contributed by atoms with Gasteiger partial charge in [-0.2, -0.15) is 0 Å². The normalized spacial score (nSPS) is 11.0. The summed E-state index contributed by atoms with van der Waals surface area (Å²) < 4.78 is 13.4. The Morgan fingerprint density at radius 3 is 2.95 bits per heavy atom. The van der Waals surface area contributed by atoms with Gasteiger partial charge < -0.3 is 10.3 Å². The van der Waals surface area contributed by atoms with Gasteiger partial charge in [0.05, 0.1) is 13.0 Å². The van der Waals surface area contributed by atoms with Gasteiger partial charge in [0, 0.05) is 27.7 Å². The number of aryl methyl sites for hydroxylation is 2. The van der Waals surface area contributed by atoms with Crippen molar-refractivity contribution in [3.8, 4) is 0 Å². The first-order valence-corrected chi connectivity index (χ1v) is 7.85. The van der Waals surface area contributed by atoms with Crippen LogP contribution < -0.4 is 5.32 Å². The molecule has 114 valence electrons. The number of nitrogens with one attached hydrogen (secondary N) is 2. The number of benzene rings is 1. The fourth-order valence-electron chi connectivity index (χ4n) is 2.46. The molecule has 2 aromatic heterocycles. The number of thiazole rings is 1. The molecule has 3 aromatic rings. The minimum absolute atomic E-state index is 0.0962. The molecule has 0 aliphatic heterocycles. The van der Waals surface area contributed by atoms with E-state index in [1.165, 1.54) is 23.5 Å². The molecule has 0 saturated carbocycles. The van der Waals surface area contributed by atoms with E-state index in [0.29, 0.717) is 6.54 Å². The summed E-state index contributed by atoms with van der Waals surface area (Å²) >= 11 is 1.53. The van der Waals surface area contributed by atoms with Crippen molar-refractivity contribution in [2.24, 2.45) is 0 Å². The Labute approximate surface area is 131 Å². The number of carbonyl (C=O) groups is 1. The van der Waals surface area contributed by atoms with Gasteiger partial charge in [0.25, 0.3) is 0 Å². The number of halogens is 1. The standard InChI is InChI=1S/C16H16FN3OS/c1-9-8-22-16(19-9)7-18-15(21)6-12-10(2)20-14-4-3-11(17)5-13(12)14/h3-5,8,20H,6-7H2,1-2H3,(H,18,21). The van der Waals surface area contributed by atoms with Gasteiger partial charge in [-0.25, -0.2) is 9.37 Å². The topological polar surface area (TPSA) is 57.8 Å². The number of amides is 1. The third-order valence-corrected chi connectivity index (χ3v) is 4.49. The van der Waals surface area contributed by atoms with Gasteiger partial charge in [0.1, 0.15) is 10.8 Å². The Hall–Kier alpha value is -2.21. The van der Waals surface area contributed by atoms with E-state index in [4.69, 9.17) is 0 Å². The molecule has 0 spiro atoms. The Morgan fingerprint density at radius 2 is 2.23 bits per heavy atom. The van der Waals surface area contributed by atoms with Gasteiger partial charge >= 0.3 is 0 Å². The molecule has 0 fully saturated rings. The van der Waals surface area contributed by atoms with Gasteiger partial charge in [-0.1, -0.05) is 0 Å². The Balaban J connectivity index is 1.73. The third kappa shape index (κ3) is 3.01. The smallest absolute Gasteiger partial charge is 0.224 e. The van der Waals surface area contributed by atoms with Gasteiger partial charge in [0.2, 0.25) is 5.91 Å². The van der Waals surface area contributed by atoms with E-state index in [9.17, 15) is 9.18 Å². The average molecular weight is 317 g/mol. The van der Waals surface area contributed by atoms with Gasteiger partial charge in [-0.15, -0.1) is 11.3 Å². The average Bonchev–Trinajstić information content (AvgIpc) is 3.02. The molecule has 4 nitrogen and oxygen atoms in total. The lowest BCUT2D eigenvalue weighted by molar-refractivity contribution is -0.120. The summed E-state index contributed by atoms with van der Waals surface area (Å²) in [7, 11) is 0. The number of aromatic nitrogens is 2. The lowest BCUT2D eigenvalue weighted by atomic mass is 10.1. The van der Waals surface area contributed by atoms with Crippen LogP contribution in [0.2, 0.25) is 0 Å². The number of nitrogens with zero attached hydrogens (tertiary/aromatic N) is 1. The van der Waals surface area contributed by atoms with Crippen LogP contribution in [0.5, 0.6) is 0 Å². The quantitative estimate of drug-likeness (QED) is 0.776. The number of hydrogen-bond donors (Lipinski definition) is 2. The first kappa shape index (κ1) is 14.7. The molecular weight excluding hydrogens is 301 g/mol. The molecule has 0 aliphatic carbocycles. The van der Waals surface area contributed by atoms with E-state index in [-0.39, 0.29) is 18.1 Å². The molecule has 3 rings (SSSR count). The van der Waals surface area contributed by atoms with Crippen molar-refractivity contribution in [3.05, 3.63) is 51.4 Å². The van der Waals surface area contributed by atoms with E-state index >= 15 is 0 Å². The molecule has 1 aromatic carbocycles. The van der Waals surface area contributed by atoms with Gasteiger partial charge in [-0.05, 0) is 37.6 Å². The van der Waals surface area contributed by atoms with Crippen molar-refractivity contribution >= 4 is 28.1 Å². The minimum Gasteiger partial charge on any atom is -0.358 e. The van der Waals surface area contributed by atoms with Crippen LogP contribution >= 0.6 is 11.3 Å². The van der Waals surface area contributed by atoms with Crippen LogP contribution in [0.15, 0.2) is 23.6 Å². The SMILES string of the molecule is Cc1csc(CNC(=O)Cc2c(C)[nH]c3ccc(F)cc23)n1. The number of fused-ring (bicyclic) bond motifs is 1. The lowest BCUT2D eigenvalue weighted by Crippen LogP contribution is -2.24.